The summed E-state index contributed by atoms with van der Waals surface area (Å²) in [6.07, 6.45) is 9.39. The molecule has 0 amide bonds. The van der Waals surface area contributed by atoms with Gasteiger partial charge in [0.1, 0.15) is 11.6 Å². The number of guanidine groups is 1. The Kier molecular flexibility index (Phi) is 11.0. The van der Waals surface area contributed by atoms with Crippen molar-refractivity contribution in [3.8, 4) is 0 Å². The molecule has 0 spiro atoms. The van der Waals surface area contributed by atoms with Crippen LogP contribution in [0.4, 0.5) is 0 Å². The van der Waals surface area contributed by atoms with Crippen LogP contribution in [0.25, 0.3) is 0 Å². The first-order valence-electron chi connectivity index (χ1n) is 9.28. The van der Waals surface area contributed by atoms with E-state index >= 15 is 0 Å². The number of unbranched alkanes of at least 4 members (excludes halogenated alkanes) is 2. The number of hydrogen-bond donors (Lipinski definition) is 2. The van der Waals surface area contributed by atoms with E-state index in [-0.39, 0.29) is 24.0 Å². The van der Waals surface area contributed by atoms with Gasteiger partial charge in [0, 0.05) is 39.0 Å². The molecule has 0 bridgehead atoms. The van der Waals surface area contributed by atoms with E-state index in [1.807, 2.05) is 0 Å². The molecule has 138 valence electrons. The molecule has 0 radical (unpaired) electrons. The summed E-state index contributed by atoms with van der Waals surface area (Å²) in [5.41, 5.74) is 0. The zero-order valence-corrected chi connectivity index (χ0v) is 17.5. The highest BCUT2D eigenvalue weighted by Gasteiger charge is 2.14. The molecule has 7 heteroatoms. The molecule has 1 aromatic heterocycles. The summed E-state index contributed by atoms with van der Waals surface area (Å²) in [5, 5.41) is 15.5. The van der Waals surface area contributed by atoms with Crippen LogP contribution in [-0.2, 0) is 19.4 Å². The summed E-state index contributed by atoms with van der Waals surface area (Å²) >= 11 is 0. The number of nitrogens with zero attached hydrogens (tertiary/aromatic N) is 4. The second-order valence-corrected chi connectivity index (χ2v) is 6.14. The first kappa shape index (κ1) is 21.2. The number of aryl methyl sites for hydroxylation is 1. The summed E-state index contributed by atoms with van der Waals surface area (Å²) in [7, 11) is 0. The number of hydrogen-bond acceptors (Lipinski definition) is 3. The number of aromatic nitrogens is 3. The number of rotatable bonds is 8. The monoisotopic (exact) mass is 448 g/mol. The van der Waals surface area contributed by atoms with Crippen LogP contribution < -0.4 is 10.6 Å². The summed E-state index contributed by atoms with van der Waals surface area (Å²) in [6.45, 7) is 8.01. The molecule has 0 aliphatic carbocycles. The van der Waals surface area contributed by atoms with Crippen molar-refractivity contribution >= 4 is 29.9 Å². The minimum absolute atomic E-state index is 0. The summed E-state index contributed by atoms with van der Waals surface area (Å²) in [4.78, 5) is 4.62. The molecule has 1 aliphatic rings. The predicted octanol–water partition coefficient (Wildman–Crippen LogP) is 2.91. The lowest BCUT2D eigenvalue weighted by Crippen LogP contribution is -2.38. The van der Waals surface area contributed by atoms with Gasteiger partial charge in [-0.2, -0.15) is 0 Å². The van der Waals surface area contributed by atoms with E-state index in [9.17, 15) is 0 Å². The lowest BCUT2D eigenvalue weighted by Gasteiger charge is -2.12. The van der Waals surface area contributed by atoms with E-state index in [0.29, 0.717) is 0 Å². The van der Waals surface area contributed by atoms with Crippen molar-refractivity contribution in [2.24, 2.45) is 4.99 Å². The third-order valence-corrected chi connectivity index (χ3v) is 4.20. The Morgan fingerprint density at radius 2 is 2.00 bits per heavy atom. The molecular weight excluding hydrogens is 415 g/mol. The molecule has 0 aromatic carbocycles. The summed E-state index contributed by atoms with van der Waals surface area (Å²) in [6, 6.07) is 0. The Labute approximate surface area is 163 Å². The van der Waals surface area contributed by atoms with Crippen molar-refractivity contribution in [1.82, 2.24) is 25.4 Å². The molecule has 1 aliphatic heterocycles. The van der Waals surface area contributed by atoms with E-state index in [1.165, 1.54) is 32.1 Å². The highest BCUT2D eigenvalue weighted by molar-refractivity contribution is 14.0. The van der Waals surface area contributed by atoms with Crippen LogP contribution in [0.1, 0.15) is 64.0 Å². The molecule has 2 rings (SSSR count). The number of fused-ring (bicyclic) bond motifs is 1. The second-order valence-electron chi connectivity index (χ2n) is 6.14. The maximum atomic E-state index is 4.62. The van der Waals surface area contributed by atoms with Crippen LogP contribution >= 0.6 is 24.0 Å². The van der Waals surface area contributed by atoms with Gasteiger partial charge in [0.15, 0.2) is 5.96 Å². The lowest BCUT2D eigenvalue weighted by atomic mass is 10.2. The molecule has 0 saturated carbocycles. The number of halogens is 1. The Morgan fingerprint density at radius 3 is 2.79 bits per heavy atom. The first-order chi connectivity index (χ1) is 11.3. The maximum absolute atomic E-state index is 4.62. The van der Waals surface area contributed by atoms with Gasteiger partial charge >= 0.3 is 0 Å². The molecule has 0 saturated heterocycles. The third kappa shape index (κ3) is 6.94. The topological polar surface area (TPSA) is 67.1 Å². The van der Waals surface area contributed by atoms with Crippen LogP contribution in [0.3, 0.4) is 0 Å². The minimum atomic E-state index is 0. The van der Waals surface area contributed by atoms with Gasteiger partial charge in [-0.15, -0.1) is 34.2 Å². The molecular formula is C17H33IN6. The Bertz CT molecular complexity index is 485. The number of aliphatic imine (C=N–C) groups is 1. The molecule has 2 heterocycles. The molecule has 0 atom stereocenters. The van der Waals surface area contributed by atoms with E-state index in [1.54, 1.807) is 0 Å². The van der Waals surface area contributed by atoms with E-state index in [0.717, 1.165) is 63.0 Å². The predicted molar refractivity (Wildman–Crippen MR) is 110 cm³/mol. The normalized spacial score (nSPS) is 14.5. The maximum Gasteiger partial charge on any atom is 0.191 e. The summed E-state index contributed by atoms with van der Waals surface area (Å²) < 4.78 is 2.32. The van der Waals surface area contributed by atoms with Crippen LogP contribution in [-0.4, -0.2) is 40.4 Å². The Balaban J connectivity index is 0.00000288. The molecule has 2 N–H and O–H groups in total. The fourth-order valence-electron chi connectivity index (χ4n) is 2.92. The molecule has 6 nitrogen and oxygen atoms in total. The Hall–Kier alpha value is -0.860. The van der Waals surface area contributed by atoms with E-state index in [2.05, 4.69) is 44.2 Å². The van der Waals surface area contributed by atoms with Gasteiger partial charge in [0.25, 0.3) is 0 Å². The average molecular weight is 448 g/mol. The van der Waals surface area contributed by atoms with Crippen molar-refractivity contribution in [1.29, 1.82) is 0 Å². The Morgan fingerprint density at radius 1 is 1.12 bits per heavy atom. The highest BCUT2D eigenvalue weighted by Crippen LogP contribution is 2.14. The fraction of sp³-hybridized carbons (Fsp3) is 0.824. The molecule has 0 unspecified atom stereocenters. The van der Waals surface area contributed by atoms with E-state index in [4.69, 9.17) is 0 Å². The largest absolute Gasteiger partial charge is 0.357 e. The summed E-state index contributed by atoms with van der Waals surface area (Å²) in [5.74, 6) is 3.19. The van der Waals surface area contributed by atoms with Crippen LogP contribution in [0.15, 0.2) is 4.99 Å². The van der Waals surface area contributed by atoms with Crippen LogP contribution in [0, 0.1) is 0 Å². The SMILES string of the molecule is CCCCCN=C(NCC)NCCc1nnc2n1CCCCC2.I. The van der Waals surface area contributed by atoms with E-state index < -0.39 is 0 Å². The van der Waals surface area contributed by atoms with Gasteiger partial charge in [0.2, 0.25) is 0 Å². The van der Waals surface area contributed by atoms with Gasteiger partial charge in [0.05, 0.1) is 0 Å². The van der Waals surface area contributed by atoms with Crippen molar-refractivity contribution in [2.45, 2.75) is 71.8 Å². The zero-order chi connectivity index (χ0) is 16.3. The highest BCUT2D eigenvalue weighted by atomic mass is 127. The zero-order valence-electron chi connectivity index (χ0n) is 15.2. The smallest absolute Gasteiger partial charge is 0.191 e. The van der Waals surface area contributed by atoms with Crippen molar-refractivity contribution in [3.63, 3.8) is 0 Å². The van der Waals surface area contributed by atoms with Crippen LogP contribution in [0.2, 0.25) is 0 Å². The third-order valence-electron chi connectivity index (χ3n) is 4.20. The van der Waals surface area contributed by atoms with Gasteiger partial charge < -0.3 is 15.2 Å². The number of nitrogens with one attached hydrogen (secondary N) is 2. The van der Waals surface area contributed by atoms with Crippen LogP contribution in [0.5, 0.6) is 0 Å². The lowest BCUT2D eigenvalue weighted by molar-refractivity contribution is 0.600. The van der Waals surface area contributed by atoms with Crippen molar-refractivity contribution < 1.29 is 0 Å². The van der Waals surface area contributed by atoms with Crippen molar-refractivity contribution in [2.75, 3.05) is 19.6 Å². The minimum Gasteiger partial charge on any atom is -0.357 e. The fourth-order valence-corrected chi connectivity index (χ4v) is 2.92. The quantitative estimate of drug-likeness (QED) is 0.278. The molecule has 0 fully saturated rings. The van der Waals surface area contributed by atoms with Gasteiger partial charge in [-0.25, -0.2) is 0 Å². The average Bonchev–Trinajstić information content (AvgIpc) is 2.79. The first-order valence-corrected chi connectivity index (χ1v) is 9.28. The van der Waals surface area contributed by atoms with Crippen molar-refractivity contribution in [3.05, 3.63) is 11.6 Å². The standard InChI is InChI=1S/C17H32N6.HI/c1-3-5-8-12-19-17(18-4-2)20-13-11-16-22-21-15-10-7-6-9-14-23(15)16;/h3-14H2,1-2H3,(H2,18,19,20);1H. The molecule has 1 aromatic rings. The van der Waals surface area contributed by atoms with Gasteiger partial charge in [-0.3, -0.25) is 4.99 Å². The molecule has 24 heavy (non-hydrogen) atoms. The van der Waals surface area contributed by atoms with Gasteiger partial charge in [-0.1, -0.05) is 26.2 Å². The van der Waals surface area contributed by atoms with Gasteiger partial charge in [-0.05, 0) is 26.2 Å². The second kappa shape index (κ2) is 12.5.